The van der Waals surface area contributed by atoms with Crippen LogP contribution in [0.1, 0.15) is 5.56 Å². The number of halogens is 2. The van der Waals surface area contributed by atoms with Crippen molar-refractivity contribution in [2.75, 3.05) is 19.6 Å². The fraction of sp³-hybridized carbons (Fsp3) is 0.385. The van der Waals surface area contributed by atoms with Crippen molar-refractivity contribution < 1.29 is 14.7 Å². The van der Waals surface area contributed by atoms with Gasteiger partial charge in [0.1, 0.15) is 6.04 Å². The predicted octanol–water partition coefficient (Wildman–Crippen LogP) is 1.42. The topological polar surface area (TPSA) is 69.6 Å². The van der Waals surface area contributed by atoms with Gasteiger partial charge in [0.25, 0.3) is 0 Å². The van der Waals surface area contributed by atoms with Crippen LogP contribution in [0.5, 0.6) is 0 Å². The average Bonchev–Trinajstić information content (AvgIpc) is 2.43. The third kappa shape index (κ3) is 3.42. The molecule has 1 atom stereocenters. The molecule has 108 valence electrons. The predicted molar refractivity (Wildman–Crippen MR) is 76.2 cm³/mol. The molecule has 1 fully saturated rings. The number of carbonyl (C=O) groups is 2. The molecule has 1 heterocycles. The summed E-state index contributed by atoms with van der Waals surface area (Å²) >= 11 is 11.7. The number of nitrogens with zero attached hydrogens (tertiary/aromatic N) is 1. The molecule has 1 saturated heterocycles. The lowest BCUT2D eigenvalue weighted by Gasteiger charge is -2.33. The summed E-state index contributed by atoms with van der Waals surface area (Å²) in [6, 6.07) is 4.14. The Morgan fingerprint density at radius 2 is 2.10 bits per heavy atom. The van der Waals surface area contributed by atoms with E-state index in [1.807, 2.05) is 0 Å². The maximum atomic E-state index is 12.2. The Morgan fingerprint density at radius 3 is 2.75 bits per heavy atom. The van der Waals surface area contributed by atoms with Crippen LogP contribution in [0.2, 0.25) is 10.0 Å². The minimum Gasteiger partial charge on any atom is -0.480 e. The van der Waals surface area contributed by atoms with Gasteiger partial charge < -0.3 is 15.3 Å². The number of benzene rings is 1. The van der Waals surface area contributed by atoms with Crippen molar-refractivity contribution in [3.63, 3.8) is 0 Å². The van der Waals surface area contributed by atoms with E-state index in [1.165, 1.54) is 4.90 Å². The molecule has 0 spiro atoms. The minimum absolute atomic E-state index is 0.112. The highest BCUT2D eigenvalue weighted by Crippen LogP contribution is 2.23. The molecule has 1 unspecified atom stereocenters. The van der Waals surface area contributed by atoms with Gasteiger partial charge in [-0.2, -0.15) is 0 Å². The number of hydrogen-bond donors (Lipinski definition) is 2. The van der Waals surface area contributed by atoms with Crippen LogP contribution >= 0.6 is 23.2 Å². The molecule has 2 N–H and O–H groups in total. The minimum atomic E-state index is -1.00. The zero-order chi connectivity index (χ0) is 14.7. The van der Waals surface area contributed by atoms with Crippen LogP contribution in [0.25, 0.3) is 0 Å². The van der Waals surface area contributed by atoms with Gasteiger partial charge in [-0.3, -0.25) is 4.79 Å². The van der Waals surface area contributed by atoms with E-state index < -0.39 is 12.0 Å². The van der Waals surface area contributed by atoms with E-state index in [9.17, 15) is 9.59 Å². The molecule has 20 heavy (non-hydrogen) atoms. The molecule has 7 heteroatoms. The number of carboxylic acids is 1. The number of nitrogens with one attached hydrogen (secondary N) is 1. The van der Waals surface area contributed by atoms with Gasteiger partial charge in [0.15, 0.2) is 0 Å². The standard InChI is InChI=1S/C13H14Cl2N2O3/c14-9-2-1-8(5-10(9)15)6-12(18)17-4-3-16-7-11(17)13(19)20/h1-2,5,11,16H,3-4,6-7H2,(H,19,20). The molecular weight excluding hydrogens is 303 g/mol. The Morgan fingerprint density at radius 1 is 1.35 bits per heavy atom. The third-order valence-corrected chi connectivity index (χ3v) is 3.93. The number of hydrogen-bond acceptors (Lipinski definition) is 3. The average molecular weight is 317 g/mol. The van der Waals surface area contributed by atoms with Crippen molar-refractivity contribution in [3.05, 3.63) is 33.8 Å². The third-order valence-electron chi connectivity index (χ3n) is 3.19. The summed E-state index contributed by atoms with van der Waals surface area (Å²) in [5.41, 5.74) is 0.715. The van der Waals surface area contributed by atoms with Gasteiger partial charge in [0, 0.05) is 19.6 Å². The number of amides is 1. The molecule has 1 aromatic rings. The van der Waals surface area contributed by atoms with Crippen LogP contribution in [0, 0.1) is 0 Å². The lowest BCUT2D eigenvalue weighted by molar-refractivity contribution is -0.150. The quantitative estimate of drug-likeness (QED) is 0.885. The molecule has 0 radical (unpaired) electrons. The summed E-state index contributed by atoms with van der Waals surface area (Å²) in [7, 11) is 0. The van der Waals surface area contributed by atoms with E-state index >= 15 is 0 Å². The molecule has 5 nitrogen and oxygen atoms in total. The van der Waals surface area contributed by atoms with Crippen molar-refractivity contribution in [1.29, 1.82) is 0 Å². The lowest BCUT2D eigenvalue weighted by atomic mass is 10.1. The van der Waals surface area contributed by atoms with Crippen LogP contribution in [-0.4, -0.2) is 47.6 Å². The molecule has 1 aliphatic rings. The second-order valence-corrected chi connectivity index (χ2v) is 5.38. The van der Waals surface area contributed by atoms with Gasteiger partial charge in [-0.15, -0.1) is 0 Å². The van der Waals surface area contributed by atoms with E-state index in [1.54, 1.807) is 18.2 Å². The van der Waals surface area contributed by atoms with Crippen molar-refractivity contribution in [1.82, 2.24) is 10.2 Å². The molecule has 1 amide bonds. The fourth-order valence-electron chi connectivity index (χ4n) is 2.15. The lowest BCUT2D eigenvalue weighted by Crippen LogP contribution is -2.57. The zero-order valence-corrected chi connectivity index (χ0v) is 12.1. The first-order valence-electron chi connectivity index (χ1n) is 6.16. The number of carbonyl (C=O) groups excluding carboxylic acids is 1. The summed E-state index contributed by atoms with van der Waals surface area (Å²) < 4.78 is 0. The van der Waals surface area contributed by atoms with Gasteiger partial charge >= 0.3 is 5.97 Å². The van der Waals surface area contributed by atoms with Crippen LogP contribution < -0.4 is 5.32 Å². The van der Waals surface area contributed by atoms with Crippen LogP contribution in [0.15, 0.2) is 18.2 Å². The van der Waals surface area contributed by atoms with Crippen LogP contribution in [0.3, 0.4) is 0 Å². The number of aliphatic carboxylic acids is 1. The molecule has 0 bridgehead atoms. The summed E-state index contributed by atoms with van der Waals surface area (Å²) in [5, 5.41) is 12.9. The molecule has 0 saturated carbocycles. The van der Waals surface area contributed by atoms with Gasteiger partial charge in [0.2, 0.25) is 5.91 Å². The smallest absolute Gasteiger partial charge is 0.327 e. The second kappa shape index (κ2) is 6.43. The van der Waals surface area contributed by atoms with Crippen molar-refractivity contribution in [3.8, 4) is 0 Å². The van der Waals surface area contributed by atoms with Crippen LogP contribution in [0.4, 0.5) is 0 Å². The first-order valence-corrected chi connectivity index (χ1v) is 6.91. The number of rotatable bonds is 3. The zero-order valence-electron chi connectivity index (χ0n) is 10.6. The van der Waals surface area contributed by atoms with Crippen molar-refractivity contribution >= 4 is 35.1 Å². The van der Waals surface area contributed by atoms with E-state index in [0.717, 1.165) is 0 Å². The molecule has 2 rings (SSSR count). The molecule has 0 aromatic heterocycles. The van der Waals surface area contributed by atoms with Gasteiger partial charge in [-0.05, 0) is 17.7 Å². The monoisotopic (exact) mass is 316 g/mol. The Labute approximate surface area is 126 Å². The molecular formula is C13H14Cl2N2O3. The van der Waals surface area contributed by atoms with E-state index in [-0.39, 0.29) is 18.9 Å². The van der Waals surface area contributed by atoms with Gasteiger partial charge in [-0.1, -0.05) is 29.3 Å². The Kier molecular flexibility index (Phi) is 4.86. The van der Waals surface area contributed by atoms with E-state index in [4.69, 9.17) is 28.3 Å². The van der Waals surface area contributed by atoms with E-state index in [2.05, 4.69) is 5.32 Å². The van der Waals surface area contributed by atoms with E-state index in [0.29, 0.717) is 28.7 Å². The van der Waals surface area contributed by atoms with Gasteiger partial charge in [-0.25, -0.2) is 4.79 Å². The van der Waals surface area contributed by atoms with Crippen molar-refractivity contribution in [2.24, 2.45) is 0 Å². The highest BCUT2D eigenvalue weighted by Gasteiger charge is 2.31. The second-order valence-electron chi connectivity index (χ2n) is 4.57. The molecule has 1 aromatic carbocycles. The summed E-state index contributed by atoms with van der Waals surface area (Å²) in [6.07, 6.45) is 0.112. The molecule has 1 aliphatic heterocycles. The summed E-state index contributed by atoms with van der Waals surface area (Å²) in [6.45, 7) is 1.25. The Hall–Kier alpha value is -1.30. The first kappa shape index (κ1) is 15.1. The number of piperazine rings is 1. The van der Waals surface area contributed by atoms with Gasteiger partial charge in [0.05, 0.1) is 16.5 Å². The van der Waals surface area contributed by atoms with Crippen molar-refractivity contribution in [2.45, 2.75) is 12.5 Å². The Balaban J connectivity index is 2.09. The summed E-state index contributed by atoms with van der Waals surface area (Å²) in [5.74, 6) is -1.23. The largest absolute Gasteiger partial charge is 0.480 e. The first-order chi connectivity index (χ1) is 9.49. The maximum Gasteiger partial charge on any atom is 0.327 e. The number of carboxylic acid groups (broad SMARTS) is 1. The Bertz CT molecular complexity index is 536. The maximum absolute atomic E-state index is 12.2. The summed E-state index contributed by atoms with van der Waals surface area (Å²) in [4.78, 5) is 24.8. The normalized spacial score (nSPS) is 18.9. The highest BCUT2D eigenvalue weighted by molar-refractivity contribution is 6.42. The fourth-order valence-corrected chi connectivity index (χ4v) is 2.47. The molecule has 0 aliphatic carbocycles. The van der Waals surface area contributed by atoms with Crippen LogP contribution in [-0.2, 0) is 16.0 Å². The SMILES string of the molecule is O=C(O)C1CNCCN1C(=O)Cc1ccc(Cl)c(Cl)c1. The highest BCUT2D eigenvalue weighted by atomic mass is 35.5.